The molecule has 1 atom stereocenters. The van der Waals surface area contributed by atoms with Crippen LogP contribution in [0.1, 0.15) is 32.8 Å². The van der Waals surface area contributed by atoms with Crippen molar-refractivity contribution in [3.8, 4) is 11.8 Å². The lowest BCUT2D eigenvalue weighted by atomic mass is 9.90. The minimum absolute atomic E-state index is 0.0623. The second-order valence-electron chi connectivity index (χ2n) is 5.99. The summed E-state index contributed by atoms with van der Waals surface area (Å²) in [4.78, 5) is 23.6. The first-order valence-electron chi connectivity index (χ1n) is 7.82. The number of nitrogens with zero attached hydrogens (tertiary/aromatic N) is 1. The Labute approximate surface area is 142 Å². The number of amides is 1. The molecule has 1 rings (SSSR count). The maximum absolute atomic E-state index is 11.8. The molecule has 130 valence electrons. The second-order valence-corrected chi connectivity index (χ2v) is 5.99. The molecule has 0 saturated carbocycles. The molecule has 1 N–H and O–H groups in total. The molecule has 1 aromatic rings. The number of esters is 1. The summed E-state index contributed by atoms with van der Waals surface area (Å²) in [5.74, 6) is -0.310. The van der Waals surface area contributed by atoms with E-state index in [1.807, 2.05) is 38.1 Å². The van der Waals surface area contributed by atoms with Gasteiger partial charge in [0.25, 0.3) is 5.91 Å². The van der Waals surface area contributed by atoms with E-state index in [4.69, 9.17) is 14.7 Å². The molecule has 0 aliphatic carbocycles. The summed E-state index contributed by atoms with van der Waals surface area (Å²) in [7, 11) is 1.57. The number of benzene rings is 1. The number of carbonyl (C=O) groups excluding carboxylic acids is 2. The fourth-order valence-corrected chi connectivity index (χ4v) is 1.99. The Bertz CT molecular complexity index is 622. The largest absolute Gasteiger partial charge is 0.496 e. The number of methoxy groups -OCH3 is 1. The monoisotopic (exact) mass is 332 g/mol. The fourth-order valence-electron chi connectivity index (χ4n) is 1.99. The van der Waals surface area contributed by atoms with Gasteiger partial charge >= 0.3 is 5.97 Å². The van der Waals surface area contributed by atoms with Gasteiger partial charge < -0.3 is 14.8 Å². The molecule has 24 heavy (non-hydrogen) atoms. The summed E-state index contributed by atoms with van der Waals surface area (Å²) in [5.41, 5.74) is -0.0841. The third-order valence-corrected chi connectivity index (χ3v) is 3.94. The highest BCUT2D eigenvalue weighted by atomic mass is 16.5. The number of hydrogen-bond acceptors (Lipinski definition) is 5. The highest BCUT2D eigenvalue weighted by molar-refractivity contribution is 5.81. The minimum atomic E-state index is -0.985. The zero-order valence-electron chi connectivity index (χ0n) is 14.6. The summed E-state index contributed by atoms with van der Waals surface area (Å²) in [6, 6.07) is 9.49. The Morgan fingerprint density at radius 3 is 2.58 bits per heavy atom. The van der Waals surface area contributed by atoms with Crippen LogP contribution < -0.4 is 10.1 Å². The van der Waals surface area contributed by atoms with Crippen LogP contribution in [0.4, 0.5) is 0 Å². The predicted octanol–water partition coefficient (Wildman–Crippen LogP) is 2.23. The van der Waals surface area contributed by atoms with E-state index in [0.29, 0.717) is 12.2 Å². The Morgan fingerprint density at radius 1 is 1.33 bits per heavy atom. The highest BCUT2D eigenvalue weighted by Gasteiger charge is 2.30. The summed E-state index contributed by atoms with van der Waals surface area (Å²) >= 11 is 0. The molecule has 1 aromatic carbocycles. The van der Waals surface area contributed by atoms with Crippen LogP contribution in [0.3, 0.4) is 0 Å². The van der Waals surface area contributed by atoms with Crippen LogP contribution >= 0.6 is 0 Å². The van der Waals surface area contributed by atoms with Gasteiger partial charge in [-0.3, -0.25) is 9.59 Å². The number of hydrogen-bond donors (Lipinski definition) is 1. The van der Waals surface area contributed by atoms with Gasteiger partial charge in [-0.2, -0.15) is 5.26 Å². The Balaban J connectivity index is 2.44. The van der Waals surface area contributed by atoms with E-state index in [9.17, 15) is 9.59 Å². The molecule has 0 aliphatic heterocycles. The van der Waals surface area contributed by atoms with Gasteiger partial charge in [-0.25, -0.2) is 0 Å². The second kappa shape index (κ2) is 8.92. The van der Waals surface area contributed by atoms with Crippen molar-refractivity contribution in [3.63, 3.8) is 0 Å². The summed E-state index contributed by atoms with van der Waals surface area (Å²) in [6.07, 6.45) is 0.611. The lowest BCUT2D eigenvalue weighted by Crippen LogP contribution is -2.50. The maximum Gasteiger partial charge on any atom is 0.306 e. The first-order valence-corrected chi connectivity index (χ1v) is 7.82. The van der Waals surface area contributed by atoms with Gasteiger partial charge in [0.1, 0.15) is 11.3 Å². The standard InChI is InChI=1S/C18H24N2O4/c1-13(2)18(3,12-19)20-16(21)11-24-17(22)10-9-14-7-5-6-8-15(14)23-4/h5-8,13H,9-11H2,1-4H3,(H,20,21)/t18-/m1/s1. The lowest BCUT2D eigenvalue weighted by molar-refractivity contribution is -0.149. The number of rotatable bonds is 8. The average Bonchev–Trinajstić information content (AvgIpc) is 2.57. The van der Waals surface area contributed by atoms with Gasteiger partial charge in [0.15, 0.2) is 6.61 Å². The topological polar surface area (TPSA) is 88.4 Å². The molecule has 0 bridgehead atoms. The van der Waals surface area contributed by atoms with Gasteiger partial charge in [0.05, 0.1) is 13.2 Å². The SMILES string of the molecule is COc1ccccc1CCC(=O)OCC(=O)N[C@](C)(C#N)C(C)C. The van der Waals surface area contributed by atoms with Crippen molar-refractivity contribution in [1.29, 1.82) is 5.26 Å². The van der Waals surface area contributed by atoms with E-state index in [0.717, 1.165) is 5.56 Å². The van der Waals surface area contributed by atoms with Crippen LogP contribution in [0.25, 0.3) is 0 Å². The molecular weight excluding hydrogens is 308 g/mol. The smallest absolute Gasteiger partial charge is 0.306 e. The van der Waals surface area contributed by atoms with Crippen LogP contribution in [-0.4, -0.2) is 31.1 Å². The molecule has 0 heterocycles. The zero-order chi connectivity index (χ0) is 18.2. The fraction of sp³-hybridized carbons (Fsp3) is 0.500. The van der Waals surface area contributed by atoms with Gasteiger partial charge in [0.2, 0.25) is 0 Å². The predicted molar refractivity (Wildman–Crippen MR) is 89.3 cm³/mol. The number of ether oxygens (including phenoxy) is 2. The Morgan fingerprint density at radius 2 is 2.00 bits per heavy atom. The molecule has 0 spiro atoms. The first kappa shape index (κ1) is 19.5. The minimum Gasteiger partial charge on any atom is -0.496 e. The first-order chi connectivity index (χ1) is 11.3. The van der Waals surface area contributed by atoms with E-state index >= 15 is 0 Å². The molecule has 1 amide bonds. The molecule has 6 heteroatoms. The van der Waals surface area contributed by atoms with Gasteiger partial charge in [-0.05, 0) is 30.9 Å². The number of nitriles is 1. The van der Waals surface area contributed by atoms with Crippen molar-refractivity contribution in [1.82, 2.24) is 5.32 Å². The summed E-state index contributed by atoms with van der Waals surface area (Å²) < 4.78 is 10.2. The summed E-state index contributed by atoms with van der Waals surface area (Å²) in [6.45, 7) is 4.92. The average molecular weight is 332 g/mol. The quantitative estimate of drug-likeness (QED) is 0.737. The van der Waals surface area contributed by atoms with Gasteiger partial charge in [0, 0.05) is 6.42 Å². The molecule has 0 fully saturated rings. The van der Waals surface area contributed by atoms with E-state index in [2.05, 4.69) is 11.4 Å². The number of aryl methyl sites for hydroxylation is 1. The van der Waals surface area contributed by atoms with E-state index in [1.54, 1.807) is 14.0 Å². The van der Waals surface area contributed by atoms with Crippen LogP contribution in [0.5, 0.6) is 5.75 Å². The molecule has 6 nitrogen and oxygen atoms in total. The zero-order valence-corrected chi connectivity index (χ0v) is 14.6. The number of para-hydroxylation sites is 1. The van der Waals surface area contributed by atoms with E-state index in [1.165, 1.54) is 0 Å². The van der Waals surface area contributed by atoms with Gasteiger partial charge in [-0.1, -0.05) is 32.0 Å². The van der Waals surface area contributed by atoms with Crippen molar-refractivity contribution >= 4 is 11.9 Å². The molecule has 0 saturated heterocycles. The molecule has 0 radical (unpaired) electrons. The molecule has 0 aromatic heterocycles. The van der Waals surface area contributed by atoms with Gasteiger partial charge in [-0.15, -0.1) is 0 Å². The van der Waals surface area contributed by atoms with E-state index in [-0.39, 0.29) is 12.3 Å². The third-order valence-electron chi connectivity index (χ3n) is 3.94. The van der Waals surface area contributed by atoms with Crippen LogP contribution in [0.15, 0.2) is 24.3 Å². The van der Waals surface area contributed by atoms with Crippen molar-refractivity contribution in [2.75, 3.05) is 13.7 Å². The molecular formula is C18H24N2O4. The molecule has 0 aliphatic rings. The van der Waals surface area contributed by atoms with Crippen LogP contribution in [-0.2, 0) is 20.7 Å². The van der Waals surface area contributed by atoms with Crippen molar-refractivity contribution < 1.29 is 19.1 Å². The van der Waals surface area contributed by atoms with Crippen molar-refractivity contribution in [3.05, 3.63) is 29.8 Å². The normalized spacial score (nSPS) is 12.8. The number of carbonyl (C=O) groups is 2. The Kier molecular flexibility index (Phi) is 7.25. The van der Waals surface area contributed by atoms with Crippen molar-refractivity contribution in [2.45, 2.75) is 39.2 Å². The lowest BCUT2D eigenvalue weighted by Gasteiger charge is -2.27. The van der Waals surface area contributed by atoms with E-state index < -0.39 is 24.0 Å². The summed E-state index contributed by atoms with van der Waals surface area (Å²) in [5, 5.41) is 11.7. The molecule has 0 unspecified atom stereocenters. The van der Waals surface area contributed by atoms with Crippen molar-refractivity contribution in [2.24, 2.45) is 5.92 Å². The highest BCUT2D eigenvalue weighted by Crippen LogP contribution is 2.19. The maximum atomic E-state index is 11.8. The third kappa shape index (κ3) is 5.58. The van der Waals surface area contributed by atoms with Crippen LogP contribution in [0.2, 0.25) is 0 Å². The number of nitrogens with one attached hydrogen (secondary N) is 1. The Hall–Kier alpha value is -2.55. The van der Waals surface area contributed by atoms with Crippen LogP contribution in [0, 0.1) is 17.2 Å².